The largest absolute Gasteiger partial charge is 0.377 e. The molecule has 0 radical (unpaired) electrons. The van der Waals surface area contributed by atoms with E-state index < -0.39 is 0 Å². The molecule has 2 heteroatoms. The quantitative estimate of drug-likeness (QED) is 0.709. The zero-order valence-corrected chi connectivity index (χ0v) is 9.88. The van der Waals surface area contributed by atoms with Crippen molar-refractivity contribution in [2.75, 3.05) is 13.7 Å². The van der Waals surface area contributed by atoms with E-state index in [1.807, 2.05) is 7.11 Å². The lowest BCUT2D eigenvalue weighted by atomic mass is 9.88. The van der Waals surface area contributed by atoms with Crippen molar-refractivity contribution in [1.82, 2.24) is 0 Å². The van der Waals surface area contributed by atoms with Gasteiger partial charge in [0.05, 0.1) is 5.60 Å². The molecule has 0 amide bonds. The molecule has 1 saturated carbocycles. The van der Waals surface area contributed by atoms with E-state index >= 15 is 0 Å². The van der Waals surface area contributed by atoms with Crippen LogP contribution in [0.4, 0.5) is 0 Å². The van der Waals surface area contributed by atoms with Gasteiger partial charge in [-0.2, -0.15) is 0 Å². The van der Waals surface area contributed by atoms with Crippen molar-refractivity contribution < 1.29 is 4.74 Å². The maximum Gasteiger partial charge on any atom is 0.0800 e. The standard InChI is InChI=1S/C12H25NO/c1-10(2)11-5-4-7-12(9-13,14-3)8-6-11/h10-11H,4-9,13H2,1-3H3. The number of hydrogen-bond acceptors (Lipinski definition) is 2. The molecule has 0 aromatic carbocycles. The van der Waals surface area contributed by atoms with E-state index in [1.165, 1.54) is 19.3 Å². The summed E-state index contributed by atoms with van der Waals surface area (Å²) in [6.07, 6.45) is 6.19. The monoisotopic (exact) mass is 199 g/mol. The minimum atomic E-state index is -0.0103. The second-order valence-corrected chi connectivity index (χ2v) is 5.03. The molecule has 0 aliphatic heterocycles. The SMILES string of the molecule is COC1(CN)CCCC(C(C)C)CC1. The fourth-order valence-electron chi connectivity index (χ4n) is 2.56. The smallest absolute Gasteiger partial charge is 0.0800 e. The second kappa shape index (κ2) is 5.13. The zero-order valence-electron chi connectivity index (χ0n) is 9.88. The van der Waals surface area contributed by atoms with Crippen LogP contribution in [0.2, 0.25) is 0 Å². The normalized spacial score (nSPS) is 34.5. The molecule has 1 rings (SSSR count). The van der Waals surface area contributed by atoms with Crippen LogP contribution in [0.15, 0.2) is 0 Å². The van der Waals surface area contributed by atoms with Gasteiger partial charge >= 0.3 is 0 Å². The van der Waals surface area contributed by atoms with Gasteiger partial charge in [0.2, 0.25) is 0 Å². The summed E-state index contributed by atoms with van der Waals surface area (Å²) in [4.78, 5) is 0. The maximum atomic E-state index is 5.81. The molecule has 0 spiro atoms. The number of nitrogens with two attached hydrogens (primary N) is 1. The molecule has 84 valence electrons. The molecule has 1 aliphatic carbocycles. The molecule has 0 saturated heterocycles. The van der Waals surface area contributed by atoms with Crippen molar-refractivity contribution in [1.29, 1.82) is 0 Å². The third-order valence-corrected chi connectivity index (χ3v) is 3.93. The first-order chi connectivity index (χ1) is 6.63. The summed E-state index contributed by atoms with van der Waals surface area (Å²) in [7, 11) is 1.81. The van der Waals surface area contributed by atoms with Crippen LogP contribution in [-0.2, 0) is 4.74 Å². The summed E-state index contributed by atoms with van der Waals surface area (Å²) in [5.41, 5.74) is 5.80. The minimum absolute atomic E-state index is 0.0103. The third-order valence-electron chi connectivity index (χ3n) is 3.93. The van der Waals surface area contributed by atoms with E-state index in [-0.39, 0.29) is 5.60 Å². The van der Waals surface area contributed by atoms with Crippen LogP contribution in [0.5, 0.6) is 0 Å². The highest BCUT2D eigenvalue weighted by atomic mass is 16.5. The van der Waals surface area contributed by atoms with Crippen LogP contribution in [0.1, 0.15) is 46.0 Å². The van der Waals surface area contributed by atoms with Gasteiger partial charge in [0.1, 0.15) is 0 Å². The Kier molecular flexibility index (Phi) is 4.39. The van der Waals surface area contributed by atoms with Crippen molar-refractivity contribution in [3.8, 4) is 0 Å². The molecular weight excluding hydrogens is 174 g/mol. The third kappa shape index (κ3) is 2.71. The Labute approximate surface area is 88.2 Å². The van der Waals surface area contributed by atoms with Gasteiger partial charge in [0.15, 0.2) is 0 Å². The molecule has 14 heavy (non-hydrogen) atoms. The van der Waals surface area contributed by atoms with Crippen LogP contribution in [0.3, 0.4) is 0 Å². The van der Waals surface area contributed by atoms with Gasteiger partial charge in [-0.3, -0.25) is 0 Å². The highest BCUT2D eigenvalue weighted by Gasteiger charge is 2.32. The van der Waals surface area contributed by atoms with E-state index in [2.05, 4.69) is 13.8 Å². The Morgan fingerprint density at radius 1 is 1.36 bits per heavy atom. The first-order valence-corrected chi connectivity index (χ1v) is 5.89. The Balaban J connectivity index is 2.55. The van der Waals surface area contributed by atoms with Crippen molar-refractivity contribution >= 4 is 0 Å². The van der Waals surface area contributed by atoms with Crippen molar-refractivity contribution in [2.24, 2.45) is 17.6 Å². The van der Waals surface area contributed by atoms with E-state index in [9.17, 15) is 0 Å². The van der Waals surface area contributed by atoms with E-state index in [0.29, 0.717) is 6.54 Å². The fraction of sp³-hybridized carbons (Fsp3) is 1.00. The zero-order chi connectivity index (χ0) is 10.6. The van der Waals surface area contributed by atoms with Crippen molar-refractivity contribution in [3.63, 3.8) is 0 Å². The minimum Gasteiger partial charge on any atom is -0.377 e. The Morgan fingerprint density at radius 3 is 2.57 bits per heavy atom. The van der Waals surface area contributed by atoms with Gasteiger partial charge in [-0.15, -0.1) is 0 Å². The molecule has 2 N–H and O–H groups in total. The van der Waals surface area contributed by atoms with Gasteiger partial charge in [0.25, 0.3) is 0 Å². The number of ether oxygens (including phenoxy) is 1. The number of rotatable bonds is 3. The lowest BCUT2D eigenvalue weighted by Gasteiger charge is -2.30. The number of methoxy groups -OCH3 is 1. The predicted molar refractivity (Wildman–Crippen MR) is 60.2 cm³/mol. The first kappa shape index (κ1) is 12.0. The Hall–Kier alpha value is -0.0800. The molecular formula is C12H25NO. The van der Waals surface area contributed by atoms with Gasteiger partial charge in [-0.05, 0) is 31.1 Å². The summed E-state index contributed by atoms with van der Waals surface area (Å²) in [5, 5.41) is 0. The summed E-state index contributed by atoms with van der Waals surface area (Å²) < 4.78 is 5.61. The summed E-state index contributed by atoms with van der Waals surface area (Å²) in [5.74, 6) is 1.68. The topological polar surface area (TPSA) is 35.2 Å². The van der Waals surface area contributed by atoms with Gasteiger partial charge in [-0.25, -0.2) is 0 Å². The van der Waals surface area contributed by atoms with Gasteiger partial charge < -0.3 is 10.5 Å². The molecule has 0 aromatic heterocycles. The maximum absolute atomic E-state index is 5.81. The molecule has 1 aliphatic rings. The molecule has 2 atom stereocenters. The van der Waals surface area contributed by atoms with Crippen molar-refractivity contribution in [2.45, 2.75) is 51.6 Å². The van der Waals surface area contributed by atoms with Gasteiger partial charge in [0, 0.05) is 13.7 Å². The summed E-state index contributed by atoms with van der Waals surface area (Å²) >= 11 is 0. The Morgan fingerprint density at radius 2 is 2.07 bits per heavy atom. The molecule has 1 fully saturated rings. The average Bonchev–Trinajstić information content (AvgIpc) is 2.40. The molecule has 0 aromatic rings. The average molecular weight is 199 g/mol. The second-order valence-electron chi connectivity index (χ2n) is 5.03. The van der Waals surface area contributed by atoms with E-state index in [1.54, 1.807) is 0 Å². The molecule has 2 nitrogen and oxygen atoms in total. The summed E-state index contributed by atoms with van der Waals surface area (Å²) in [6.45, 7) is 5.33. The lowest BCUT2D eigenvalue weighted by molar-refractivity contribution is -0.0159. The molecule has 2 unspecified atom stereocenters. The van der Waals surface area contributed by atoms with Crippen LogP contribution in [0, 0.1) is 11.8 Å². The molecule has 0 bridgehead atoms. The lowest BCUT2D eigenvalue weighted by Crippen LogP contribution is -2.39. The number of hydrogen-bond donors (Lipinski definition) is 1. The predicted octanol–water partition coefficient (Wildman–Crippen LogP) is 2.57. The van der Waals surface area contributed by atoms with Crippen molar-refractivity contribution in [3.05, 3.63) is 0 Å². The highest BCUT2D eigenvalue weighted by molar-refractivity contribution is 4.86. The summed E-state index contributed by atoms with van der Waals surface area (Å²) in [6, 6.07) is 0. The highest BCUT2D eigenvalue weighted by Crippen LogP contribution is 2.35. The van der Waals surface area contributed by atoms with E-state index in [4.69, 9.17) is 10.5 Å². The van der Waals surface area contributed by atoms with Crippen LogP contribution < -0.4 is 5.73 Å². The van der Waals surface area contributed by atoms with Crippen LogP contribution >= 0.6 is 0 Å². The van der Waals surface area contributed by atoms with E-state index in [0.717, 1.165) is 24.7 Å². The fourth-order valence-corrected chi connectivity index (χ4v) is 2.56. The van der Waals surface area contributed by atoms with Crippen LogP contribution in [0.25, 0.3) is 0 Å². The van der Waals surface area contributed by atoms with Gasteiger partial charge in [-0.1, -0.05) is 26.7 Å². The Bertz CT molecular complexity index is 164. The van der Waals surface area contributed by atoms with Crippen LogP contribution in [-0.4, -0.2) is 19.3 Å². The molecule has 0 heterocycles. The first-order valence-electron chi connectivity index (χ1n) is 5.89.